The van der Waals surface area contributed by atoms with Gasteiger partial charge < -0.3 is 4.42 Å². The Morgan fingerprint density at radius 3 is 2.41 bits per heavy atom. The lowest BCUT2D eigenvalue weighted by Gasteiger charge is -2.15. The van der Waals surface area contributed by atoms with Gasteiger partial charge in [-0.15, -0.1) is 11.3 Å². The molecule has 3 nitrogen and oxygen atoms in total. The maximum Gasteiger partial charge on any atom is 0.164 e. The van der Waals surface area contributed by atoms with Crippen LogP contribution in [0, 0.1) is 0 Å². The first kappa shape index (κ1) is 19.9. The summed E-state index contributed by atoms with van der Waals surface area (Å²) in [5.74, 6) is 0.695. The smallest absolute Gasteiger partial charge is 0.164 e. The van der Waals surface area contributed by atoms with Crippen LogP contribution in [0.15, 0.2) is 111 Å². The number of aromatic nitrogens is 2. The number of fused-ring (bicyclic) bond motifs is 3. The summed E-state index contributed by atoms with van der Waals surface area (Å²) < 4.78 is 8.92. The molecule has 5 aromatic carbocycles. The average Bonchev–Trinajstić information content (AvgIpc) is 3.53. The van der Waals surface area contributed by atoms with Crippen LogP contribution >= 0.6 is 23.1 Å². The molecule has 8 aromatic rings. The molecule has 0 bridgehead atoms. The van der Waals surface area contributed by atoms with Crippen molar-refractivity contribution in [3.8, 4) is 22.6 Å². The van der Waals surface area contributed by atoms with Crippen molar-refractivity contribution >= 4 is 76.1 Å². The molecule has 4 heterocycles. The van der Waals surface area contributed by atoms with Crippen molar-refractivity contribution in [2.45, 2.75) is 9.79 Å². The van der Waals surface area contributed by atoms with Crippen molar-refractivity contribution in [1.82, 2.24) is 9.97 Å². The highest BCUT2D eigenvalue weighted by molar-refractivity contribution is 8.00. The van der Waals surface area contributed by atoms with Gasteiger partial charge in [-0.2, -0.15) is 0 Å². The van der Waals surface area contributed by atoms with Crippen molar-refractivity contribution in [3.05, 3.63) is 97.1 Å². The van der Waals surface area contributed by atoms with Crippen molar-refractivity contribution in [2.24, 2.45) is 0 Å². The Kier molecular flexibility index (Phi) is 3.87. The second kappa shape index (κ2) is 7.19. The summed E-state index contributed by atoms with van der Waals surface area (Å²) in [6.45, 7) is 0. The van der Waals surface area contributed by atoms with Crippen LogP contribution in [0.25, 0.3) is 75.7 Å². The van der Waals surface area contributed by atoms with Gasteiger partial charge in [-0.25, -0.2) is 9.97 Å². The predicted octanol–water partition coefficient (Wildman–Crippen LogP) is 9.70. The van der Waals surface area contributed by atoms with Gasteiger partial charge in [-0.3, -0.25) is 0 Å². The number of nitrogens with zero attached hydrogens (tertiary/aromatic N) is 2. The van der Waals surface area contributed by atoms with E-state index in [2.05, 4.69) is 91.0 Å². The van der Waals surface area contributed by atoms with Gasteiger partial charge in [0.2, 0.25) is 0 Å². The molecular formula is C32H16N2OS2. The van der Waals surface area contributed by atoms with Gasteiger partial charge in [0, 0.05) is 41.6 Å². The Balaban J connectivity index is 1.47. The van der Waals surface area contributed by atoms with Crippen LogP contribution in [0.1, 0.15) is 0 Å². The lowest BCUT2D eigenvalue weighted by Crippen LogP contribution is -1.95. The first-order valence-corrected chi connectivity index (χ1v) is 13.8. The molecule has 3 aromatic heterocycles. The number of furan rings is 1. The molecule has 0 saturated heterocycles. The minimum atomic E-state index is 0.695. The Bertz CT molecular complexity index is 2230. The van der Waals surface area contributed by atoms with Crippen LogP contribution in [0.4, 0.5) is 0 Å². The van der Waals surface area contributed by atoms with E-state index in [9.17, 15) is 0 Å². The highest BCUT2D eigenvalue weighted by Crippen LogP contribution is 2.51. The van der Waals surface area contributed by atoms with Crippen molar-refractivity contribution in [2.75, 3.05) is 0 Å². The summed E-state index contributed by atoms with van der Waals surface area (Å²) in [6.07, 6.45) is 0. The Labute approximate surface area is 219 Å². The third kappa shape index (κ3) is 2.67. The molecule has 37 heavy (non-hydrogen) atoms. The van der Waals surface area contributed by atoms with E-state index in [1.54, 1.807) is 11.3 Å². The lowest BCUT2D eigenvalue weighted by molar-refractivity contribution is 0.669. The number of benzene rings is 5. The normalized spacial score (nSPS) is 12.8. The Morgan fingerprint density at radius 1 is 0.676 bits per heavy atom. The Morgan fingerprint density at radius 2 is 1.49 bits per heavy atom. The van der Waals surface area contributed by atoms with E-state index < -0.39 is 0 Å². The zero-order valence-electron chi connectivity index (χ0n) is 19.4. The van der Waals surface area contributed by atoms with E-state index in [4.69, 9.17) is 14.4 Å². The fourth-order valence-electron chi connectivity index (χ4n) is 5.66. The van der Waals surface area contributed by atoms with Crippen LogP contribution in [0.5, 0.6) is 0 Å². The number of thiophene rings is 1. The second-order valence-corrected chi connectivity index (χ2v) is 11.5. The third-order valence-corrected chi connectivity index (χ3v) is 9.54. The van der Waals surface area contributed by atoms with Gasteiger partial charge in [0.05, 0.1) is 21.5 Å². The van der Waals surface area contributed by atoms with Crippen molar-refractivity contribution < 1.29 is 4.42 Å². The van der Waals surface area contributed by atoms with Crippen LogP contribution in [-0.4, -0.2) is 9.97 Å². The quantitative estimate of drug-likeness (QED) is 0.233. The lowest BCUT2D eigenvalue weighted by atomic mass is 9.99. The van der Waals surface area contributed by atoms with E-state index in [0.717, 1.165) is 43.6 Å². The number of hydrogen-bond acceptors (Lipinski definition) is 5. The third-order valence-electron chi connectivity index (χ3n) is 7.26. The van der Waals surface area contributed by atoms with Gasteiger partial charge in [-0.05, 0) is 35.7 Å². The van der Waals surface area contributed by atoms with Crippen LogP contribution in [0.3, 0.4) is 0 Å². The van der Waals surface area contributed by atoms with Crippen LogP contribution in [-0.2, 0) is 0 Å². The van der Waals surface area contributed by atoms with E-state index in [1.807, 2.05) is 17.8 Å². The van der Waals surface area contributed by atoms with Crippen molar-refractivity contribution in [3.63, 3.8) is 0 Å². The molecule has 0 amide bonds. The Hall–Kier alpha value is -4.19. The largest absolute Gasteiger partial charge is 0.455 e. The molecule has 0 spiro atoms. The summed E-state index contributed by atoms with van der Waals surface area (Å²) in [5, 5.41) is 5.97. The van der Waals surface area contributed by atoms with Gasteiger partial charge in [0.1, 0.15) is 11.2 Å². The fourth-order valence-corrected chi connectivity index (χ4v) is 7.97. The zero-order valence-corrected chi connectivity index (χ0v) is 21.0. The molecule has 1 aliphatic rings. The molecular weight excluding hydrogens is 492 g/mol. The molecule has 0 unspecified atom stereocenters. The number of hydrogen-bond donors (Lipinski definition) is 0. The highest BCUT2D eigenvalue weighted by Gasteiger charge is 2.26. The molecule has 0 aliphatic carbocycles. The fraction of sp³-hybridized carbons (Fsp3) is 0. The highest BCUT2D eigenvalue weighted by atomic mass is 32.2. The zero-order chi connectivity index (χ0) is 24.1. The van der Waals surface area contributed by atoms with E-state index in [1.165, 1.54) is 36.0 Å². The standard InChI is InChI=1S/C32H16N2OS2/c1-2-8-17(9-3-1)28-31-29(19-11-4-5-13-22(19)37-31)34-32(33-28)20-16-18-10-6-14-23-25(18)27-26-21(35-30(20)27)12-7-15-24(26)36-23/h1-16H. The predicted molar refractivity (Wildman–Crippen MR) is 155 cm³/mol. The van der Waals surface area contributed by atoms with Crippen molar-refractivity contribution in [1.29, 1.82) is 0 Å². The average molecular weight is 509 g/mol. The van der Waals surface area contributed by atoms with E-state index in [0.29, 0.717) is 5.82 Å². The molecule has 1 aliphatic heterocycles. The van der Waals surface area contributed by atoms with Gasteiger partial charge in [0.15, 0.2) is 5.82 Å². The van der Waals surface area contributed by atoms with E-state index >= 15 is 0 Å². The molecule has 0 saturated carbocycles. The van der Waals surface area contributed by atoms with E-state index in [-0.39, 0.29) is 0 Å². The SMILES string of the molecule is c1ccc(-c2nc(-c3cc4cccc5c4c4c3oc3cccc(c34)S5)nc3c2sc2ccccc23)cc1. The monoisotopic (exact) mass is 508 g/mol. The minimum Gasteiger partial charge on any atom is -0.455 e. The summed E-state index contributed by atoms with van der Waals surface area (Å²) in [6, 6.07) is 34.0. The first-order valence-electron chi connectivity index (χ1n) is 12.2. The number of rotatable bonds is 2. The molecule has 0 radical (unpaired) electrons. The van der Waals surface area contributed by atoms with Gasteiger partial charge in [0.25, 0.3) is 0 Å². The topological polar surface area (TPSA) is 38.9 Å². The maximum absolute atomic E-state index is 6.60. The molecule has 5 heteroatoms. The van der Waals surface area contributed by atoms with Gasteiger partial charge >= 0.3 is 0 Å². The summed E-state index contributed by atoms with van der Waals surface area (Å²) in [7, 11) is 0. The maximum atomic E-state index is 6.60. The molecule has 9 rings (SSSR count). The minimum absolute atomic E-state index is 0.695. The van der Waals surface area contributed by atoms with Gasteiger partial charge in [-0.1, -0.05) is 78.5 Å². The second-order valence-electron chi connectivity index (χ2n) is 9.35. The van der Waals surface area contributed by atoms with Crippen LogP contribution < -0.4 is 0 Å². The molecule has 0 atom stereocenters. The summed E-state index contributed by atoms with van der Waals surface area (Å²) >= 11 is 3.57. The molecule has 172 valence electrons. The molecule has 0 fully saturated rings. The summed E-state index contributed by atoms with van der Waals surface area (Å²) in [5.41, 5.74) is 5.75. The molecule has 0 N–H and O–H groups in total. The van der Waals surface area contributed by atoms with Crippen LogP contribution in [0.2, 0.25) is 0 Å². The summed E-state index contributed by atoms with van der Waals surface area (Å²) in [4.78, 5) is 13.0. The first-order chi connectivity index (χ1) is 18.3.